The highest BCUT2D eigenvalue weighted by Gasteiger charge is 2.41. The van der Waals surface area contributed by atoms with E-state index in [1.165, 1.54) is 12.1 Å². The molecule has 2 aromatic rings. The number of carbonyl (C=O) groups is 1. The second-order valence-corrected chi connectivity index (χ2v) is 16.9. The van der Waals surface area contributed by atoms with Crippen molar-refractivity contribution in [1.82, 2.24) is 9.21 Å². The molecule has 3 aliphatic heterocycles. The first-order valence-corrected chi connectivity index (χ1v) is 18.6. The van der Waals surface area contributed by atoms with Crippen molar-refractivity contribution in [2.45, 2.75) is 62.6 Å². The number of rotatable bonds is 8. The van der Waals surface area contributed by atoms with Gasteiger partial charge in [-0.3, -0.25) is 4.79 Å². The average Bonchev–Trinajstić information content (AvgIpc) is 3.09. The molecule has 3 N–H and O–H groups in total. The number of hydrogen-bond donors (Lipinski definition) is 2. The van der Waals surface area contributed by atoms with Crippen LogP contribution in [0.3, 0.4) is 0 Å². The van der Waals surface area contributed by atoms with Gasteiger partial charge in [-0.1, -0.05) is 29.8 Å². The number of fused-ring (bicyclic) bond motifs is 2. The fraction of sp³-hybridized carbons (Fsp3) is 0.567. The Balaban J connectivity index is 1.34. The molecule has 0 radical (unpaired) electrons. The van der Waals surface area contributed by atoms with E-state index in [2.05, 4.69) is 10.2 Å². The van der Waals surface area contributed by atoms with Gasteiger partial charge in [0.2, 0.25) is 15.9 Å². The summed E-state index contributed by atoms with van der Waals surface area (Å²) in [4.78, 5) is 15.8. The van der Waals surface area contributed by atoms with Gasteiger partial charge in [-0.2, -0.15) is 4.31 Å². The van der Waals surface area contributed by atoms with Gasteiger partial charge in [0, 0.05) is 47.4 Å². The fourth-order valence-corrected chi connectivity index (χ4v) is 10.4. The maximum atomic E-state index is 15.2. The highest BCUT2D eigenvalue weighted by molar-refractivity contribution is 7.91. The van der Waals surface area contributed by atoms with Crippen LogP contribution in [0.4, 0.5) is 10.1 Å². The van der Waals surface area contributed by atoms with Crippen LogP contribution < -0.4 is 11.1 Å². The molecule has 5 unspecified atom stereocenters. The SMILES string of the molecule is CN1CC(CCc2c(F)cccc2NC(=O)C(N)C(c2ccc(Cl)cc2)C2CCS(=O)(=O)CC2)N2CC1CCCS2(=O)=O. The molecule has 0 aliphatic carbocycles. The number of likely N-dealkylation sites (N-methyl/N-ethyl adjacent to an activating group) is 1. The van der Waals surface area contributed by atoms with Crippen LogP contribution in [0.15, 0.2) is 42.5 Å². The van der Waals surface area contributed by atoms with Crippen LogP contribution in [-0.2, 0) is 31.1 Å². The van der Waals surface area contributed by atoms with Gasteiger partial charge in [0.05, 0.1) is 23.3 Å². The Bertz CT molecular complexity index is 1530. The topological polar surface area (TPSA) is 130 Å². The van der Waals surface area contributed by atoms with Crippen molar-refractivity contribution in [3.05, 3.63) is 64.4 Å². The summed E-state index contributed by atoms with van der Waals surface area (Å²) in [5, 5.41) is 3.38. The zero-order valence-electron chi connectivity index (χ0n) is 24.3. The zero-order chi connectivity index (χ0) is 30.9. The van der Waals surface area contributed by atoms with E-state index in [-0.39, 0.29) is 41.7 Å². The normalized spacial score (nSPS) is 27.1. The Hall–Kier alpha value is -2.09. The number of benzene rings is 2. The minimum atomic E-state index is -3.40. The third-order valence-corrected chi connectivity index (χ3v) is 13.3. The molecule has 5 rings (SSSR count). The number of halogens is 2. The number of sulfone groups is 1. The van der Waals surface area contributed by atoms with E-state index in [4.69, 9.17) is 17.3 Å². The Kier molecular flexibility index (Phi) is 9.84. The molecule has 1 amide bonds. The lowest BCUT2D eigenvalue weighted by molar-refractivity contribution is -0.118. The van der Waals surface area contributed by atoms with Crippen LogP contribution in [0.5, 0.6) is 0 Å². The number of nitrogens with two attached hydrogens (primary N) is 1. The molecule has 3 fully saturated rings. The number of anilines is 1. The molecule has 3 aliphatic rings. The van der Waals surface area contributed by atoms with E-state index in [1.54, 1.807) is 34.6 Å². The van der Waals surface area contributed by atoms with Crippen LogP contribution in [0.25, 0.3) is 0 Å². The van der Waals surface area contributed by atoms with Crippen molar-refractivity contribution < 1.29 is 26.0 Å². The van der Waals surface area contributed by atoms with E-state index >= 15 is 4.39 Å². The van der Waals surface area contributed by atoms with Crippen LogP contribution >= 0.6 is 11.6 Å². The van der Waals surface area contributed by atoms with E-state index in [0.717, 1.165) is 12.0 Å². The van der Waals surface area contributed by atoms with Crippen molar-refractivity contribution in [3.63, 3.8) is 0 Å². The standard InChI is InChI=1S/C30H40ClFN4O5S2/c1-35-18-24(36-19-23(35)4-3-15-43(36,40)41)11-12-25-26(32)5-2-6-27(25)34-30(37)29(33)28(20-7-9-22(31)10-8-20)21-13-16-42(38,39)17-14-21/h2,5-10,21,23-24,28-29H,3-4,11-19,33H2,1H3,(H,34,37). The Morgan fingerprint density at radius 3 is 2.44 bits per heavy atom. The van der Waals surface area contributed by atoms with Crippen molar-refractivity contribution in [1.29, 1.82) is 0 Å². The van der Waals surface area contributed by atoms with E-state index in [1.807, 2.05) is 7.05 Å². The lowest BCUT2D eigenvalue weighted by Gasteiger charge is -2.42. The van der Waals surface area contributed by atoms with Crippen LogP contribution in [0.2, 0.25) is 5.02 Å². The Morgan fingerprint density at radius 1 is 1.05 bits per heavy atom. The van der Waals surface area contributed by atoms with E-state index < -0.39 is 43.5 Å². The van der Waals surface area contributed by atoms with Crippen LogP contribution in [-0.4, -0.2) is 87.5 Å². The van der Waals surface area contributed by atoms with Gasteiger partial charge in [-0.05, 0) is 81.3 Å². The summed E-state index contributed by atoms with van der Waals surface area (Å²) in [6.07, 6.45) is 2.86. The number of nitrogens with one attached hydrogen (secondary N) is 1. The molecule has 0 spiro atoms. The number of hydrogen-bond acceptors (Lipinski definition) is 7. The summed E-state index contributed by atoms with van der Waals surface area (Å²) in [6, 6.07) is 10.4. The van der Waals surface area contributed by atoms with Gasteiger partial charge in [-0.15, -0.1) is 0 Å². The molecule has 0 aromatic heterocycles. The maximum absolute atomic E-state index is 15.2. The molecule has 2 aromatic carbocycles. The molecule has 3 heterocycles. The summed E-state index contributed by atoms with van der Waals surface area (Å²) in [5.41, 5.74) is 7.98. The summed E-state index contributed by atoms with van der Waals surface area (Å²) in [5.74, 6) is -1.41. The zero-order valence-corrected chi connectivity index (χ0v) is 26.7. The maximum Gasteiger partial charge on any atom is 0.241 e. The molecule has 9 nitrogen and oxygen atoms in total. The largest absolute Gasteiger partial charge is 0.324 e. The number of piperazine rings is 1. The van der Waals surface area contributed by atoms with Gasteiger partial charge < -0.3 is 16.0 Å². The molecule has 0 saturated carbocycles. The van der Waals surface area contributed by atoms with Gasteiger partial charge in [-0.25, -0.2) is 21.2 Å². The first-order valence-electron chi connectivity index (χ1n) is 14.8. The molecular formula is C30H40ClFN4O5S2. The number of nitrogens with zero attached hydrogens (tertiary/aromatic N) is 2. The number of sulfonamides is 1. The molecule has 2 bridgehead atoms. The summed E-state index contributed by atoms with van der Waals surface area (Å²) < 4.78 is 67.0. The van der Waals surface area contributed by atoms with Crippen molar-refractivity contribution >= 4 is 43.1 Å². The van der Waals surface area contributed by atoms with Gasteiger partial charge >= 0.3 is 0 Å². The summed E-state index contributed by atoms with van der Waals surface area (Å²) in [6.45, 7) is 0.999. The van der Waals surface area contributed by atoms with Gasteiger partial charge in [0.1, 0.15) is 15.7 Å². The second kappa shape index (κ2) is 13.1. The molecule has 43 heavy (non-hydrogen) atoms. The quantitative estimate of drug-likeness (QED) is 0.446. The molecule has 3 saturated heterocycles. The first kappa shape index (κ1) is 32.3. The van der Waals surface area contributed by atoms with Gasteiger partial charge in [0.15, 0.2) is 0 Å². The minimum absolute atomic E-state index is 0.0357. The Morgan fingerprint density at radius 2 is 1.74 bits per heavy atom. The lowest BCUT2D eigenvalue weighted by Crippen LogP contribution is -2.57. The van der Waals surface area contributed by atoms with Gasteiger partial charge in [0.25, 0.3) is 0 Å². The molecule has 13 heteroatoms. The lowest BCUT2D eigenvalue weighted by atomic mass is 9.77. The molecule has 5 atom stereocenters. The average molecular weight is 655 g/mol. The number of carbonyl (C=O) groups excluding carboxylic acids is 1. The third kappa shape index (κ3) is 7.42. The third-order valence-electron chi connectivity index (χ3n) is 9.37. The van der Waals surface area contributed by atoms with Crippen molar-refractivity contribution in [2.75, 3.05) is 42.7 Å². The monoisotopic (exact) mass is 654 g/mol. The highest BCUT2D eigenvalue weighted by atomic mass is 35.5. The number of amides is 1. The minimum Gasteiger partial charge on any atom is -0.324 e. The van der Waals surface area contributed by atoms with Crippen LogP contribution in [0, 0.1) is 11.7 Å². The van der Waals surface area contributed by atoms with E-state index in [0.29, 0.717) is 55.0 Å². The smallest absolute Gasteiger partial charge is 0.241 e. The van der Waals surface area contributed by atoms with Crippen molar-refractivity contribution in [3.8, 4) is 0 Å². The fourth-order valence-electron chi connectivity index (χ4n) is 6.92. The summed E-state index contributed by atoms with van der Waals surface area (Å²) >= 11 is 6.10. The highest BCUT2D eigenvalue weighted by Crippen LogP contribution is 2.37. The first-order chi connectivity index (χ1) is 20.3. The van der Waals surface area contributed by atoms with Crippen LogP contribution in [0.1, 0.15) is 49.1 Å². The summed E-state index contributed by atoms with van der Waals surface area (Å²) in [7, 11) is -4.52. The second-order valence-electron chi connectivity index (χ2n) is 12.2. The predicted octanol–water partition coefficient (Wildman–Crippen LogP) is 3.39. The van der Waals surface area contributed by atoms with Crippen molar-refractivity contribution in [2.24, 2.45) is 11.7 Å². The molecule has 236 valence electrons. The Labute approximate surface area is 258 Å². The molecular weight excluding hydrogens is 615 g/mol. The predicted molar refractivity (Wildman–Crippen MR) is 167 cm³/mol. The van der Waals surface area contributed by atoms with E-state index in [9.17, 15) is 21.6 Å².